The number of hydrogen-bond acceptors (Lipinski definition) is 8. The van der Waals surface area contributed by atoms with E-state index < -0.39 is 41.3 Å². The van der Waals surface area contributed by atoms with Gasteiger partial charge >= 0.3 is 23.9 Å². The van der Waals surface area contributed by atoms with Gasteiger partial charge in [0.2, 0.25) is 0 Å². The molecule has 0 radical (unpaired) electrons. The van der Waals surface area contributed by atoms with Gasteiger partial charge in [0.25, 0.3) is 0 Å². The molecule has 3 aromatic rings. The quantitative estimate of drug-likeness (QED) is 0.269. The summed E-state index contributed by atoms with van der Waals surface area (Å²) < 4.78 is 12.0. The number of fused-ring (bicyclic) bond motifs is 6. The van der Waals surface area contributed by atoms with Gasteiger partial charge in [0.15, 0.2) is 5.60 Å². The van der Waals surface area contributed by atoms with E-state index in [1.54, 1.807) is 0 Å². The second-order valence-corrected chi connectivity index (χ2v) is 10.1. The highest BCUT2D eigenvalue weighted by molar-refractivity contribution is 5.99. The number of benzene rings is 3. The summed E-state index contributed by atoms with van der Waals surface area (Å²) in [5, 5.41) is 50.0. The summed E-state index contributed by atoms with van der Waals surface area (Å²) >= 11 is 0. The summed E-state index contributed by atoms with van der Waals surface area (Å²) in [5.41, 5.74) is -0.881. The van der Waals surface area contributed by atoms with Crippen molar-refractivity contribution in [3.05, 3.63) is 81.4 Å². The summed E-state index contributed by atoms with van der Waals surface area (Å²) in [5.74, 6) is -6.45. The Labute approximate surface area is 226 Å². The number of carboxylic acids is 3. The number of aliphatic carboxylic acids is 2. The zero-order valence-corrected chi connectivity index (χ0v) is 21.3. The van der Waals surface area contributed by atoms with Crippen LogP contribution in [0.2, 0.25) is 0 Å². The maximum Gasteiger partial charge on any atom is 0.340 e. The Hall–Kier alpha value is -5.06. The third kappa shape index (κ3) is 4.06. The van der Waals surface area contributed by atoms with Crippen LogP contribution < -0.4 is 4.74 Å². The van der Waals surface area contributed by atoms with Gasteiger partial charge in [-0.25, -0.2) is 9.59 Å². The number of phenolic OH excluding ortho intramolecular Hbond substituents is 2. The predicted molar refractivity (Wildman–Crippen MR) is 136 cm³/mol. The monoisotopic (exact) mass is 548 g/mol. The Kier molecular flexibility index (Phi) is 6.17. The Morgan fingerprint density at radius 2 is 1.27 bits per heavy atom. The first-order valence-electron chi connectivity index (χ1n) is 12.3. The zero-order valence-electron chi connectivity index (χ0n) is 21.3. The van der Waals surface area contributed by atoms with Crippen LogP contribution in [-0.4, -0.2) is 49.4 Å². The van der Waals surface area contributed by atoms with Gasteiger partial charge in [0, 0.05) is 28.8 Å². The lowest BCUT2D eigenvalue weighted by Crippen LogP contribution is -2.33. The number of esters is 1. The Morgan fingerprint density at radius 1 is 0.775 bits per heavy atom. The number of aromatic carboxylic acids is 1. The molecule has 206 valence electrons. The number of hydrogen-bond donors (Lipinski definition) is 5. The molecule has 5 rings (SSSR count). The van der Waals surface area contributed by atoms with E-state index in [0.717, 1.165) is 0 Å². The standard InChI is InChI=1S/C29H24O11/c1-12(25(32)33)5-15-8-19-23(10-21(15)30)39-24-11-22(31)16(6-13(2)26(34)35)9-20(24)29(19)18-7-14(27(36)37)3-4-17(18)28(38)40-29/h3-4,7-13,30-31H,5-6H2,1-2H3,(H,32,33)(H,34,35)(H,36,37). The molecule has 0 amide bonds. The highest BCUT2D eigenvalue weighted by Crippen LogP contribution is 2.58. The van der Waals surface area contributed by atoms with Crippen molar-refractivity contribution in [1.29, 1.82) is 0 Å². The van der Waals surface area contributed by atoms with Gasteiger partial charge in [0.1, 0.15) is 23.0 Å². The van der Waals surface area contributed by atoms with Crippen LogP contribution in [0.15, 0.2) is 42.5 Å². The lowest BCUT2D eigenvalue weighted by Gasteiger charge is -2.37. The molecule has 2 heterocycles. The van der Waals surface area contributed by atoms with Crippen LogP contribution >= 0.6 is 0 Å². The maximum atomic E-state index is 13.2. The first kappa shape index (κ1) is 26.5. The first-order valence-corrected chi connectivity index (χ1v) is 12.3. The maximum absolute atomic E-state index is 13.2. The number of carbonyl (C=O) groups excluding carboxylic acids is 1. The minimum Gasteiger partial charge on any atom is -0.508 e. The van der Waals surface area contributed by atoms with Crippen molar-refractivity contribution in [3.63, 3.8) is 0 Å². The molecule has 2 unspecified atom stereocenters. The smallest absolute Gasteiger partial charge is 0.340 e. The molecule has 11 nitrogen and oxygen atoms in total. The van der Waals surface area contributed by atoms with Gasteiger partial charge in [-0.3, -0.25) is 9.59 Å². The second-order valence-electron chi connectivity index (χ2n) is 10.1. The Balaban J connectivity index is 1.82. The van der Waals surface area contributed by atoms with Crippen LogP contribution in [0.3, 0.4) is 0 Å². The SMILES string of the molecule is CC(Cc1cc2c(cc1O)Oc1cc(O)c(CC(C)C(=O)O)cc1C21OC(=O)c2ccc(C(=O)O)cc21)C(=O)O. The summed E-state index contributed by atoms with van der Waals surface area (Å²) in [7, 11) is 0. The van der Waals surface area contributed by atoms with E-state index >= 15 is 0 Å². The molecule has 40 heavy (non-hydrogen) atoms. The van der Waals surface area contributed by atoms with E-state index in [4.69, 9.17) is 9.47 Å². The van der Waals surface area contributed by atoms with Gasteiger partial charge in [-0.2, -0.15) is 0 Å². The van der Waals surface area contributed by atoms with Crippen molar-refractivity contribution in [3.8, 4) is 23.0 Å². The molecule has 0 aliphatic carbocycles. The van der Waals surface area contributed by atoms with Crippen LogP contribution in [0.5, 0.6) is 23.0 Å². The van der Waals surface area contributed by atoms with E-state index in [2.05, 4.69) is 0 Å². The van der Waals surface area contributed by atoms with Crippen molar-refractivity contribution in [2.75, 3.05) is 0 Å². The average Bonchev–Trinajstić information content (AvgIpc) is 3.17. The average molecular weight is 549 g/mol. The topological polar surface area (TPSA) is 188 Å². The molecule has 3 aromatic carbocycles. The largest absolute Gasteiger partial charge is 0.508 e. The van der Waals surface area contributed by atoms with Gasteiger partial charge < -0.3 is 35.0 Å². The summed E-state index contributed by atoms with van der Waals surface area (Å²) in [4.78, 5) is 48.2. The molecule has 0 saturated heterocycles. The molecule has 0 fully saturated rings. The van der Waals surface area contributed by atoms with Gasteiger partial charge in [-0.05, 0) is 54.3 Å². The van der Waals surface area contributed by atoms with E-state index in [9.17, 15) is 44.7 Å². The Bertz CT molecular complexity index is 1540. The van der Waals surface area contributed by atoms with Crippen LogP contribution in [0, 0.1) is 11.8 Å². The van der Waals surface area contributed by atoms with Crippen LogP contribution in [0.1, 0.15) is 62.4 Å². The lowest BCUT2D eigenvalue weighted by atomic mass is 9.75. The molecule has 0 aromatic heterocycles. The van der Waals surface area contributed by atoms with Crippen LogP contribution in [0.4, 0.5) is 0 Å². The number of carbonyl (C=O) groups is 4. The van der Waals surface area contributed by atoms with Crippen molar-refractivity contribution >= 4 is 23.9 Å². The highest BCUT2D eigenvalue weighted by atomic mass is 16.6. The molecular formula is C29H24O11. The number of aromatic hydroxyl groups is 2. The van der Waals surface area contributed by atoms with Gasteiger partial charge in [0.05, 0.1) is 23.0 Å². The number of rotatable bonds is 7. The summed E-state index contributed by atoms with van der Waals surface area (Å²) in [6, 6.07) is 9.27. The third-order valence-corrected chi connectivity index (χ3v) is 7.35. The molecule has 5 N–H and O–H groups in total. The van der Waals surface area contributed by atoms with Crippen LogP contribution in [0.25, 0.3) is 0 Å². The summed E-state index contributed by atoms with van der Waals surface area (Å²) in [6.07, 6.45) is -0.158. The van der Waals surface area contributed by atoms with E-state index in [0.29, 0.717) is 0 Å². The number of carboxylic acid groups (broad SMARTS) is 3. The molecule has 0 bridgehead atoms. The fraction of sp³-hybridized carbons (Fsp3) is 0.241. The minimum absolute atomic E-state index is 0.0316. The van der Waals surface area contributed by atoms with Gasteiger partial charge in [-0.15, -0.1) is 0 Å². The minimum atomic E-state index is -1.81. The number of ether oxygens (including phenoxy) is 2. The van der Waals surface area contributed by atoms with Gasteiger partial charge in [-0.1, -0.05) is 13.8 Å². The number of phenols is 2. The van der Waals surface area contributed by atoms with Crippen molar-refractivity contribution < 1.29 is 54.2 Å². The predicted octanol–water partition coefficient (Wildman–Crippen LogP) is 3.89. The van der Waals surface area contributed by atoms with Crippen LogP contribution in [-0.2, 0) is 32.8 Å². The molecule has 1 spiro atoms. The second kappa shape index (κ2) is 9.30. The van der Waals surface area contributed by atoms with E-state index in [1.165, 1.54) is 56.3 Å². The zero-order chi connectivity index (χ0) is 29.1. The molecule has 11 heteroatoms. The molecular weight excluding hydrogens is 524 g/mol. The fourth-order valence-corrected chi connectivity index (χ4v) is 5.17. The summed E-state index contributed by atoms with van der Waals surface area (Å²) in [6.45, 7) is 2.93. The fourth-order valence-electron chi connectivity index (χ4n) is 5.17. The van der Waals surface area contributed by atoms with Crippen molar-refractivity contribution in [1.82, 2.24) is 0 Å². The van der Waals surface area contributed by atoms with E-state index in [1.807, 2.05) is 0 Å². The Morgan fingerprint density at radius 3 is 1.73 bits per heavy atom. The lowest BCUT2D eigenvalue weighted by molar-refractivity contribution is -0.142. The normalized spacial score (nSPS) is 18.1. The molecule has 0 saturated carbocycles. The molecule has 2 aliphatic rings. The van der Waals surface area contributed by atoms with Crippen molar-refractivity contribution in [2.45, 2.75) is 32.3 Å². The van der Waals surface area contributed by atoms with E-state index in [-0.39, 0.29) is 74.8 Å². The highest BCUT2D eigenvalue weighted by Gasteiger charge is 2.54. The first-order chi connectivity index (χ1) is 18.8. The molecule has 2 aliphatic heterocycles. The molecule has 2 atom stereocenters. The third-order valence-electron chi connectivity index (χ3n) is 7.35. The van der Waals surface area contributed by atoms with Crippen molar-refractivity contribution in [2.24, 2.45) is 11.8 Å².